The Bertz CT molecular complexity index is 2350. The number of furan rings is 1. The van der Waals surface area contributed by atoms with Gasteiger partial charge in [0, 0.05) is 32.6 Å². The molecule has 0 spiro atoms. The van der Waals surface area contributed by atoms with E-state index >= 15 is 0 Å². The van der Waals surface area contributed by atoms with Crippen LogP contribution in [0, 0.1) is 0 Å². The van der Waals surface area contributed by atoms with Gasteiger partial charge in [-0.05, 0) is 54.6 Å². The van der Waals surface area contributed by atoms with Crippen LogP contribution in [0.25, 0.3) is 76.9 Å². The summed E-state index contributed by atoms with van der Waals surface area (Å²) in [7, 11) is 0. The molecule has 0 aliphatic rings. The number of rotatable bonds is 2. The Morgan fingerprint density at radius 1 is 0.385 bits per heavy atom. The minimum atomic E-state index is 0.904. The minimum absolute atomic E-state index is 0.904. The Kier molecular flexibility index (Phi) is 4.05. The summed E-state index contributed by atoms with van der Waals surface area (Å²) >= 11 is 0. The fraction of sp³-hybridized carbons (Fsp3) is 0. The highest BCUT2D eigenvalue weighted by Crippen LogP contribution is 2.40. The number of fused-ring (bicyclic) bond motifs is 9. The summed E-state index contributed by atoms with van der Waals surface area (Å²) in [6.07, 6.45) is 0. The van der Waals surface area contributed by atoms with Crippen molar-refractivity contribution in [2.45, 2.75) is 0 Å². The average molecular weight is 499 g/mol. The molecule has 3 nitrogen and oxygen atoms in total. The number of hydrogen-bond acceptors (Lipinski definition) is 1. The topological polar surface area (TPSA) is 23.0 Å². The molecule has 0 aliphatic carbocycles. The number of para-hydroxylation sites is 4. The molecule has 0 atom stereocenters. The molecular weight excluding hydrogens is 476 g/mol. The highest BCUT2D eigenvalue weighted by Gasteiger charge is 2.19. The van der Waals surface area contributed by atoms with Gasteiger partial charge >= 0.3 is 0 Å². The quantitative estimate of drug-likeness (QED) is 0.233. The smallest absolute Gasteiger partial charge is 0.137 e. The van der Waals surface area contributed by atoms with Crippen LogP contribution in [-0.4, -0.2) is 9.13 Å². The second-order valence-electron chi connectivity index (χ2n) is 10.2. The molecule has 0 fully saturated rings. The van der Waals surface area contributed by atoms with Crippen LogP contribution in [0.15, 0.2) is 138 Å². The van der Waals surface area contributed by atoms with Crippen molar-refractivity contribution in [3.05, 3.63) is 133 Å². The van der Waals surface area contributed by atoms with Crippen molar-refractivity contribution in [2.75, 3.05) is 0 Å². The first-order valence-electron chi connectivity index (χ1n) is 13.3. The third-order valence-electron chi connectivity index (χ3n) is 8.12. The zero-order valence-corrected chi connectivity index (χ0v) is 21.0. The molecule has 6 aromatic carbocycles. The Hall–Kier alpha value is -5.28. The van der Waals surface area contributed by atoms with Crippen LogP contribution in [0.3, 0.4) is 0 Å². The van der Waals surface area contributed by atoms with E-state index < -0.39 is 0 Å². The number of aromatic nitrogens is 2. The van der Waals surface area contributed by atoms with Gasteiger partial charge in [0.15, 0.2) is 0 Å². The van der Waals surface area contributed by atoms with Crippen molar-refractivity contribution in [3.63, 3.8) is 0 Å². The first kappa shape index (κ1) is 20.7. The molecule has 0 amide bonds. The van der Waals surface area contributed by atoms with Crippen LogP contribution in [0.4, 0.5) is 0 Å². The lowest BCUT2D eigenvalue weighted by Crippen LogP contribution is -1.96. The lowest BCUT2D eigenvalue weighted by atomic mass is 10.1. The van der Waals surface area contributed by atoms with Crippen LogP contribution in [-0.2, 0) is 0 Å². The third kappa shape index (κ3) is 2.76. The highest BCUT2D eigenvalue weighted by atomic mass is 16.3. The van der Waals surface area contributed by atoms with Gasteiger partial charge in [0.05, 0.1) is 33.1 Å². The second-order valence-corrected chi connectivity index (χ2v) is 10.2. The lowest BCUT2D eigenvalue weighted by Gasteiger charge is -2.11. The molecule has 0 bridgehead atoms. The van der Waals surface area contributed by atoms with Gasteiger partial charge in [0.2, 0.25) is 0 Å². The normalized spacial score (nSPS) is 12.1. The van der Waals surface area contributed by atoms with Gasteiger partial charge in [0.25, 0.3) is 0 Å². The van der Waals surface area contributed by atoms with Crippen LogP contribution in [0.1, 0.15) is 0 Å². The lowest BCUT2D eigenvalue weighted by molar-refractivity contribution is 0.669. The van der Waals surface area contributed by atoms with Gasteiger partial charge in [-0.25, -0.2) is 0 Å². The van der Waals surface area contributed by atoms with Crippen molar-refractivity contribution in [2.24, 2.45) is 0 Å². The third-order valence-corrected chi connectivity index (χ3v) is 8.12. The van der Waals surface area contributed by atoms with E-state index in [9.17, 15) is 0 Å². The molecule has 3 aromatic heterocycles. The van der Waals surface area contributed by atoms with E-state index in [-0.39, 0.29) is 0 Å². The summed E-state index contributed by atoms with van der Waals surface area (Å²) in [5.41, 5.74) is 8.91. The van der Waals surface area contributed by atoms with Crippen molar-refractivity contribution < 1.29 is 4.42 Å². The number of hydrogen-bond donors (Lipinski definition) is 0. The van der Waals surface area contributed by atoms with E-state index in [1.807, 2.05) is 12.1 Å². The van der Waals surface area contributed by atoms with Gasteiger partial charge in [-0.1, -0.05) is 78.9 Å². The molecule has 0 radical (unpaired) electrons. The van der Waals surface area contributed by atoms with Crippen molar-refractivity contribution in [3.8, 4) is 11.4 Å². The van der Waals surface area contributed by atoms with E-state index in [0.717, 1.165) is 33.3 Å². The van der Waals surface area contributed by atoms with E-state index in [2.05, 4.69) is 130 Å². The first-order chi connectivity index (χ1) is 19.4. The molecule has 39 heavy (non-hydrogen) atoms. The molecule has 9 aromatic rings. The van der Waals surface area contributed by atoms with Crippen LogP contribution in [0.5, 0.6) is 0 Å². The van der Waals surface area contributed by atoms with Crippen molar-refractivity contribution in [1.29, 1.82) is 0 Å². The summed E-state index contributed by atoms with van der Waals surface area (Å²) in [4.78, 5) is 0. The standard InChI is InChI=1S/C36H22N2O/c1-5-14-29-24(10-1)25-11-2-6-15-30(25)37(29)23-20-21-32-28(22-23)26-12-3-7-16-31(26)38(32)33-17-9-19-35-36(33)27-13-4-8-18-34(27)39-35/h1-22H. The summed E-state index contributed by atoms with van der Waals surface area (Å²) in [6.45, 7) is 0. The van der Waals surface area contributed by atoms with E-state index in [1.54, 1.807) is 0 Å². The largest absolute Gasteiger partial charge is 0.456 e. The van der Waals surface area contributed by atoms with Crippen molar-refractivity contribution in [1.82, 2.24) is 9.13 Å². The van der Waals surface area contributed by atoms with E-state index in [4.69, 9.17) is 4.42 Å². The number of nitrogens with zero attached hydrogens (tertiary/aromatic N) is 2. The molecular formula is C36H22N2O. The summed E-state index contributed by atoms with van der Waals surface area (Å²) in [5.74, 6) is 0. The second kappa shape index (κ2) is 7.62. The summed E-state index contributed by atoms with van der Waals surface area (Å²) in [5, 5.41) is 7.29. The molecule has 0 aliphatic heterocycles. The van der Waals surface area contributed by atoms with Gasteiger partial charge < -0.3 is 13.6 Å². The van der Waals surface area contributed by atoms with Crippen LogP contribution >= 0.6 is 0 Å². The maximum atomic E-state index is 6.25. The Balaban J connectivity index is 1.39. The van der Waals surface area contributed by atoms with Gasteiger partial charge in [-0.15, -0.1) is 0 Å². The predicted octanol–water partition coefficient (Wildman–Crippen LogP) is 9.78. The Morgan fingerprint density at radius 2 is 0.923 bits per heavy atom. The van der Waals surface area contributed by atoms with Gasteiger partial charge in [-0.2, -0.15) is 0 Å². The molecule has 0 N–H and O–H groups in total. The average Bonchev–Trinajstić information content (AvgIpc) is 3.65. The Labute approximate surface area is 223 Å². The highest BCUT2D eigenvalue weighted by molar-refractivity contribution is 6.15. The van der Waals surface area contributed by atoms with E-state index in [1.165, 1.54) is 43.6 Å². The molecule has 9 rings (SSSR count). The Morgan fingerprint density at radius 3 is 1.64 bits per heavy atom. The molecule has 3 heteroatoms. The zero-order valence-electron chi connectivity index (χ0n) is 21.0. The predicted molar refractivity (Wildman–Crippen MR) is 162 cm³/mol. The molecule has 0 unspecified atom stereocenters. The van der Waals surface area contributed by atoms with Gasteiger partial charge in [-0.3, -0.25) is 0 Å². The minimum Gasteiger partial charge on any atom is -0.456 e. The molecule has 0 saturated heterocycles. The molecule has 0 saturated carbocycles. The maximum Gasteiger partial charge on any atom is 0.137 e. The monoisotopic (exact) mass is 498 g/mol. The van der Waals surface area contributed by atoms with Crippen LogP contribution in [0.2, 0.25) is 0 Å². The van der Waals surface area contributed by atoms with Crippen molar-refractivity contribution >= 4 is 65.6 Å². The van der Waals surface area contributed by atoms with Gasteiger partial charge in [0.1, 0.15) is 11.2 Å². The first-order valence-corrected chi connectivity index (χ1v) is 13.3. The van der Waals surface area contributed by atoms with Crippen LogP contribution < -0.4 is 0 Å². The zero-order chi connectivity index (χ0) is 25.5. The fourth-order valence-electron chi connectivity index (χ4n) is 6.50. The molecule has 3 heterocycles. The molecule has 182 valence electrons. The number of benzene rings is 6. The fourth-order valence-corrected chi connectivity index (χ4v) is 6.50. The van der Waals surface area contributed by atoms with E-state index in [0.29, 0.717) is 0 Å². The maximum absolute atomic E-state index is 6.25. The SMILES string of the molecule is c1ccc2c(c1)oc1cccc(-n3c4ccccc4c4cc(-n5c6ccccc6c6ccccc65)ccc43)c12. The summed E-state index contributed by atoms with van der Waals surface area (Å²) in [6, 6.07) is 47.6. The summed E-state index contributed by atoms with van der Waals surface area (Å²) < 4.78 is 11.0.